The molecule has 0 aromatic carbocycles. The third-order valence-corrected chi connectivity index (χ3v) is 7.39. The fourth-order valence-electron chi connectivity index (χ4n) is 2.52. The first-order valence-electron chi connectivity index (χ1n) is 6.53. The van der Waals surface area contributed by atoms with Gasteiger partial charge in [0.2, 0.25) is 10.0 Å². The number of ether oxygens (including phenoxy) is 1. The van der Waals surface area contributed by atoms with Gasteiger partial charge in [0.25, 0.3) is 0 Å². The number of halogens is 1. The standard InChI is InChI=1S/C13H20ClNO3S2/c1-10-12(7-11(8-14)19-10)20(16,17)15-6-4-5-13(2,9-15)18-3/h7H,4-6,8-9H2,1-3H3. The Balaban J connectivity index is 2.32. The van der Waals surface area contributed by atoms with Gasteiger partial charge >= 0.3 is 0 Å². The number of nitrogens with zero attached hydrogens (tertiary/aromatic N) is 1. The summed E-state index contributed by atoms with van der Waals surface area (Å²) in [4.78, 5) is 2.07. The maximum absolute atomic E-state index is 12.8. The average Bonchev–Trinajstić information content (AvgIpc) is 2.81. The molecule has 20 heavy (non-hydrogen) atoms. The molecular weight excluding hydrogens is 318 g/mol. The smallest absolute Gasteiger partial charge is 0.244 e. The summed E-state index contributed by atoms with van der Waals surface area (Å²) in [5.74, 6) is 0.344. The number of hydrogen-bond donors (Lipinski definition) is 0. The highest BCUT2D eigenvalue weighted by atomic mass is 35.5. The van der Waals surface area contributed by atoms with Crippen molar-refractivity contribution in [1.82, 2.24) is 4.31 Å². The number of piperidine rings is 1. The van der Waals surface area contributed by atoms with Gasteiger partial charge in [0.05, 0.1) is 16.4 Å². The molecule has 1 fully saturated rings. The average molecular weight is 338 g/mol. The second-order valence-corrected chi connectivity index (χ2v) is 8.88. The predicted octanol–water partition coefficient (Wildman–Crippen LogP) is 2.98. The normalized spacial score (nSPS) is 25.0. The highest BCUT2D eigenvalue weighted by Crippen LogP contribution is 2.33. The molecule has 1 unspecified atom stereocenters. The van der Waals surface area contributed by atoms with Crippen LogP contribution in [0.2, 0.25) is 0 Å². The first-order chi connectivity index (χ1) is 9.32. The first kappa shape index (κ1) is 16.2. The van der Waals surface area contributed by atoms with Crippen LogP contribution in [-0.4, -0.2) is 38.5 Å². The van der Waals surface area contributed by atoms with Gasteiger partial charge in [-0.2, -0.15) is 4.31 Å². The minimum atomic E-state index is -3.46. The Morgan fingerprint density at radius 2 is 2.25 bits per heavy atom. The summed E-state index contributed by atoms with van der Waals surface area (Å²) in [5, 5.41) is 0. The van der Waals surface area contributed by atoms with Crippen LogP contribution in [0.1, 0.15) is 29.5 Å². The van der Waals surface area contributed by atoms with Crippen LogP contribution in [0.4, 0.5) is 0 Å². The van der Waals surface area contributed by atoms with Gasteiger partial charge in [-0.05, 0) is 32.8 Å². The molecule has 1 aliphatic heterocycles. The second-order valence-electron chi connectivity index (χ2n) is 5.36. The lowest BCUT2D eigenvalue weighted by molar-refractivity contribution is -0.0319. The summed E-state index contributed by atoms with van der Waals surface area (Å²) in [7, 11) is -1.82. The monoisotopic (exact) mass is 337 g/mol. The fourth-order valence-corrected chi connectivity index (χ4v) is 5.80. The van der Waals surface area contributed by atoms with E-state index in [0.717, 1.165) is 22.6 Å². The maximum Gasteiger partial charge on any atom is 0.244 e. The van der Waals surface area contributed by atoms with Gasteiger partial charge in [0.1, 0.15) is 0 Å². The largest absolute Gasteiger partial charge is 0.377 e. The van der Waals surface area contributed by atoms with Gasteiger partial charge < -0.3 is 4.74 Å². The van der Waals surface area contributed by atoms with Crippen molar-refractivity contribution in [1.29, 1.82) is 0 Å². The Hall–Kier alpha value is -0.140. The molecule has 1 aromatic rings. The Labute approximate surface area is 129 Å². The lowest BCUT2D eigenvalue weighted by Gasteiger charge is -2.38. The number of sulfonamides is 1. The quantitative estimate of drug-likeness (QED) is 0.793. The van der Waals surface area contributed by atoms with Crippen molar-refractivity contribution in [2.45, 2.75) is 43.1 Å². The van der Waals surface area contributed by atoms with E-state index < -0.39 is 15.6 Å². The molecule has 0 spiro atoms. The molecule has 0 saturated carbocycles. The van der Waals surface area contributed by atoms with Gasteiger partial charge in [0.15, 0.2) is 0 Å². The summed E-state index contributed by atoms with van der Waals surface area (Å²) in [6.45, 7) is 4.73. The van der Waals surface area contributed by atoms with Crippen LogP contribution in [0.25, 0.3) is 0 Å². The summed E-state index contributed by atoms with van der Waals surface area (Å²) >= 11 is 7.24. The maximum atomic E-state index is 12.8. The van der Waals surface area contributed by atoms with Crippen molar-refractivity contribution in [3.63, 3.8) is 0 Å². The lowest BCUT2D eigenvalue weighted by atomic mass is 9.96. The summed E-state index contributed by atoms with van der Waals surface area (Å²) in [5.41, 5.74) is -0.398. The number of rotatable bonds is 4. The van der Waals surface area contributed by atoms with Gasteiger partial charge in [-0.1, -0.05) is 0 Å². The van der Waals surface area contributed by atoms with E-state index in [9.17, 15) is 8.42 Å². The molecule has 0 radical (unpaired) electrons. The third kappa shape index (κ3) is 3.04. The number of methoxy groups -OCH3 is 1. The molecule has 7 heteroatoms. The van der Waals surface area contributed by atoms with Crippen LogP contribution in [-0.2, 0) is 20.6 Å². The SMILES string of the molecule is COC1(C)CCCN(S(=O)(=O)c2cc(CCl)sc2C)C1. The van der Waals surface area contributed by atoms with Crippen LogP contribution in [0.5, 0.6) is 0 Å². The lowest BCUT2D eigenvalue weighted by Crippen LogP contribution is -2.49. The van der Waals surface area contributed by atoms with Gasteiger partial charge in [0, 0.05) is 30.0 Å². The van der Waals surface area contributed by atoms with Crippen LogP contribution >= 0.6 is 22.9 Å². The van der Waals surface area contributed by atoms with Crippen LogP contribution < -0.4 is 0 Å². The highest BCUT2D eigenvalue weighted by molar-refractivity contribution is 7.89. The predicted molar refractivity (Wildman–Crippen MR) is 82.0 cm³/mol. The molecule has 2 heterocycles. The van der Waals surface area contributed by atoms with Crippen molar-refractivity contribution in [3.8, 4) is 0 Å². The van der Waals surface area contributed by atoms with E-state index in [4.69, 9.17) is 16.3 Å². The fraction of sp³-hybridized carbons (Fsp3) is 0.692. The third-order valence-electron chi connectivity index (χ3n) is 3.79. The number of aryl methyl sites for hydroxylation is 1. The molecule has 0 amide bonds. The molecule has 2 rings (SSSR count). The van der Waals surface area contributed by atoms with E-state index in [1.807, 2.05) is 13.8 Å². The van der Waals surface area contributed by atoms with Crippen molar-refractivity contribution in [3.05, 3.63) is 15.8 Å². The molecule has 1 saturated heterocycles. The molecular formula is C13H20ClNO3S2. The highest BCUT2D eigenvalue weighted by Gasteiger charge is 2.38. The molecule has 0 N–H and O–H groups in total. The minimum absolute atomic E-state index is 0.344. The summed E-state index contributed by atoms with van der Waals surface area (Å²) < 4.78 is 32.6. The Bertz CT molecular complexity index is 584. The van der Waals surface area contributed by atoms with E-state index in [2.05, 4.69) is 0 Å². The summed E-state index contributed by atoms with van der Waals surface area (Å²) in [6, 6.07) is 1.70. The van der Waals surface area contributed by atoms with Crippen LogP contribution in [0, 0.1) is 6.92 Å². The molecule has 1 atom stereocenters. The zero-order valence-corrected chi connectivity index (χ0v) is 14.4. The van der Waals surface area contributed by atoms with Crippen molar-refractivity contribution >= 4 is 33.0 Å². The van der Waals surface area contributed by atoms with E-state index >= 15 is 0 Å². The summed E-state index contributed by atoms with van der Waals surface area (Å²) in [6.07, 6.45) is 1.69. The van der Waals surface area contributed by atoms with E-state index in [1.54, 1.807) is 13.2 Å². The van der Waals surface area contributed by atoms with Crippen LogP contribution in [0.3, 0.4) is 0 Å². The van der Waals surface area contributed by atoms with Crippen molar-refractivity contribution in [2.75, 3.05) is 20.2 Å². The number of thiophene rings is 1. The molecule has 0 aliphatic carbocycles. The zero-order valence-electron chi connectivity index (χ0n) is 12.0. The topological polar surface area (TPSA) is 46.6 Å². The van der Waals surface area contributed by atoms with Crippen molar-refractivity contribution < 1.29 is 13.2 Å². The Kier molecular flexibility index (Phi) is 4.81. The van der Waals surface area contributed by atoms with E-state index in [0.29, 0.717) is 23.9 Å². The minimum Gasteiger partial charge on any atom is -0.377 e. The molecule has 1 aromatic heterocycles. The van der Waals surface area contributed by atoms with Gasteiger partial charge in [-0.15, -0.1) is 22.9 Å². The number of alkyl halides is 1. The molecule has 114 valence electrons. The van der Waals surface area contributed by atoms with Gasteiger partial charge in [-0.3, -0.25) is 0 Å². The van der Waals surface area contributed by atoms with Gasteiger partial charge in [-0.25, -0.2) is 8.42 Å². The first-order valence-corrected chi connectivity index (χ1v) is 9.32. The Morgan fingerprint density at radius 3 is 2.80 bits per heavy atom. The Morgan fingerprint density at radius 1 is 1.55 bits per heavy atom. The molecule has 0 bridgehead atoms. The van der Waals surface area contributed by atoms with Crippen LogP contribution in [0.15, 0.2) is 11.0 Å². The zero-order chi connectivity index (χ0) is 15.0. The van der Waals surface area contributed by atoms with E-state index in [-0.39, 0.29) is 0 Å². The number of hydrogen-bond acceptors (Lipinski definition) is 4. The molecule has 4 nitrogen and oxygen atoms in total. The van der Waals surface area contributed by atoms with E-state index in [1.165, 1.54) is 15.6 Å². The van der Waals surface area contributed by atoms with Crippen molar-refractivity contribution in [2.24, 2.45) is 0 Å². The molecule has 1 aliphatic rings. The second kappa shape index (κ2) is 5.93.